The largest absolute Gasteiger partial charge is 0.459 e. The van der Waals surface area contributed by atoms with Gasteiger partial charge in [0.2, 0.25) is 0 Å². The highest BCUT2D eigenvalue weighted by Crippen LogP contribution is 2.31. The fourth-order valence-electron chi connectivity index (χ4n) is 3.90. The minimum absolute atomic E-state index is 0.0433. The van der Waals surface area contributed by atoms with E-state index in [1.807, 2.05) is 23.1 Å². The highest BCUT2D eigenvalue weighted by molar-refractivity contribution is 5.95. The summed E-state index contributed by atoms with van der Waals surface area (Å²) in [4.78, 5) is 28.8. The van der Waals surface area contributed by atoms with Gasteiger partial charge in [0.25, 0.3) is 5.91 Å². The van der Waals surface area contributed by atoms with Crippen LogP contribution < -0.4 is 10.2 Å². The van der Waals surface area contributed by atoms with Crippen LogP contribution in [0.25, 0.3) is 0 Å². The Balaban J connectivity index is 1.35. The van der Waals surface area contributed by atoms with Gasteiger partial charge in [-0.2, -0.15) is 0 Å². The quantitative estimate of drug-likeness (QED) is 0.902. The van der Waals surface area contributed by atoms with Gasteiger partial charge in [-0.1, -0.05) is 18.2 Å². The minimum Gasteiger partial charge on any atom is -0.459 e. The number of carbonyl (C=O) groups excluding carboxylic acids is 2. The number of likely N-dealkylation sites (tertiary alicyclic amines) is 1. The van der Waals surface area contributed by atoms with Crippen molar-refractivity contribution in [2.45, 2.75) is 38.3 Å². The second-order valence-electron chi connectivity index (χ2n) is 7.05. The predicted molar refractivity (Wildman–Crippen MR) is 98.3 cm³/mol. The molecular formula is C20H23N3O3. The molecule has 1 fully saturated rings. The maximum atomic E-state index is 12.8. The fourth-order valence-corrected chi connectivity index (χ4v) is 3.90. The lowest BCUT2D eigenvalue weighted by Gasteiger charge is -2.33. The molecular weight excluding hydrogens is 330 g/mol. The van der Waals surface area contributed by atoms with Gasteiger partial charge in [0.1, 0.15) is 0 Å². The molecule has 136 valence electrons. The van der Waals surface area contributed by atoms with E-state index in [2.05, 4.69) is 18.3 Å². The van der Waals surface area contributed by atoms with E-state index in [0.29, 0.717) is 18.8 Å². The Morgan fingerprint density at radius 1 is 1.12 bits per heavy atom. The van der Waals surface area contributed by atoms with E-state index in [1.54, 1.807) is 17.0 Å². The molecule has 0 aliphatic carbocycles. The van der Waals surface area contributed by atoms with Crippen molar-refractivity contribution in [1.82, 2.24) is 10.2 Å². The monoisotopic (exact) mass is 353 g/mol. The fraction of sp³-hybridized carbons (Fsp3) is 0.400. The smallest absolute Gasteiger partial charge is 0.322 e. The number of urea groups is 1. The number of hydrogen-bond acceptors (Lipinski definition) is 3. The average Bonchev–Trinajstić information content (AvgIpc) is 3.28. The second kappa shape index (κ2) is 6.86. The van der Waals surface area contributed by atoms with Gasteiger partial charge < -0.3 is 14.6 Å². The van der Waals surface area contributed by atoms with Gasteiger partial charge in [0.15, 0.2) is 5.76 Å². The van der Waals surface area contributed by atoms with Crippen LogP contribution in [0.4, 0.5) is 10.5 Å². The Hall–Kier alpha value is -2.76. The molecule has 1 saturated heterocycles. The SMILES string of the molecule is CC1Cc2ccccc2N1C(=O)NC1CCN(C(=O)c2ccco2)CC1. The molecule has 1 N–H and O–H groups in total. The van der Waals surface area contributed by atoms with E-state index in [0.717, 1.165) is 24.9 Å². The molecule has 4 rings (SSSR count). The third kappa shape index (κ3) is 3.07. The standard InChI is InChI=1S/C20H23N3O3/c1-14-13-15-5-2-3-6-17(15)23(14)20(25)21-16-8-10-22(11-9-16)19(24)18-7-4-12-26-18/h2-7,12,14,16H,8-11,13H2,1H3,(H,21,25). The summed E-state index contributed by atoms with van der Waals surface area (Å²) >= 11 is 0. The number of nitrogens with zero attached hydrogens (tertiary/aromatic N) is 2. The van der Waals surface area contributed by atoms with Crippen LogP contribution in [0.15, 0.2) is 47.1 Å². The van der Waals surface area contributed by atoms with E-state index < -0.39 is 0 Å². The Morgan fingerprint density at radius 3 is 2.62 bits per heavy atom. The molecule has 1 unspecified atom stereocenters. The van der Waals surface area contributed by atoms with Crippen LogP contribution in [0.3, 0.4) is 0 Å². The number of piperidine rings is 1. The summed E-state index contributed by atoms with van der Waals surface area (Å²) in [5.74, 6) is 0.289. The first kappa shape index (κ1) is 16.7. The minimum atomic E-state index is -0.0816. The van der Waals surface area contributed by atoms with E-state index in [1.165, 1.54) is 11.8 Å². The number of benzene rings is 1. The zero-order valence-corrected chi connectivity index (χ0v) is 14.9. The van der Waals surface area contributed by atoms with E-state index >= 15 is 0 Å². The van der Waals surface area contributed by atoms with E-state index in [-0.39, 0.29) is 24.0 Å². The van der Waals surface area contributed by atoms with Crippen LogP contribution in [0.5, 0.6) is 0 Å². The van der Waals surface area contributed by atoms with Crippen LogP contribution in [0, 0.1) is 0 Å². The molecule has 0 radical (unpaired) electrons. The molecule has 6 heteroatoms. The van der Waals surface area contributed by atoms with Crippen molar-refractivity contribution < 1.29 is 14.0 Å². The molecule has 3 amide bonds. The number of fused-ring (bicyclic) bond motifs is 1. The molecule has 2 aliphatic heterocycles. The van der Waals surface area contributed by atoms with Gasteiger partial charge >= 0.3 is 6.03 Å². The van der Waals surface area contributed by atoms with Gasteiger partial charge in [-0.25, -0.2) is 4.79 Å². The summed E-state index contributed by atoms with van der Waals surface area (Å²) in [7, 11) is 0. The molecule has 0 saturated carbocycles. The summed E-state index contributed by atoms with van der Waals surface area (Å²) < 4.78 is 5.18. The van der Waals surface area contributed by atoms with Crippen molar-refractivity contribution in [3.63, 3.8) is 0 Å². The summed E-state index contributed by atoms with van der Waals surface area (Å²) in [5.41, 5.74) is 2.22. The molecule has 1 aromatic carbocycles. The third-order valence-corrected chi connectivity index (χ3v) is 5.27. The lowest BCUT2D eigenvalue weighted by molar-refractivity contribution is 0.0676. The molecule has 2 aromatic rings. The molecule has 6 nitrogen and oxygen atoms in total. The Morgan fingerprint density at radius 2 is 1.88 bits per heavy atom. The van der Waals surface area contributed by atoms with Gasteiger partial charge in [-0.3, -0.25) is 9.69 Å². The highest BCUT2D eigenvalue weighted by atomic mass is 16.3. The summed E-state index contributed by atoms with van der Waals surface area (Å²) in [6.45, 7) is 3.32. The second-order valence-corrected chi connectivity index (χ2v) is 7.05. The molecule has 2 aliphatic rings. The Labute approximate surface area is 152 Å². The van der Waals surface area contributed by atoms with Gasteiger partial charge in [-0.05, 0) is 49.9 Å². The number of furan rings is 1. The van der Waals surface area contributed by atoms with Crippen LogP contribution in [0.1, 0.15) is 35.9 Å². The number of anilines is 1. The first-order chi connectivity index (χ1) is 12.6. The molecule has 1 aromatic heterocycles. The zero-order valence-electron chi connectivity index (χ0n) is 14.9. The number of rotatable bonds is 2. The van der Waals surface area contributed by atoms with Crippen molar-refractivity contribution in [3.8, 4) is 0 Å². The van der Waals surface area contributed by atoms with Gasteiger partial charge in [-0.15, -0.1) is 0 Å². The van der Waals surface area contributed by atoms with Crippen LogP contribution in [-0.2, 0) is 6.42 Å². The Kier molecular flexibility index (Phi) is 4.41. The average molecular weight is 353 g/mol. The molecule has 0 spiro atoms. The van der Waals surface area contributed by atoms with Crippen molar-refractivity contribution >= 4 is 17.6 Å². The molecule has 1 atom stereocenters. The molecule has 0 bridgehead atoms. The summed E-state index contributed by atoms with van der Waals surface area (Å²) in [6.07, 6.45) is 3.90. The number of nitrogens with one attached hydrogen (secondary N) is 1. The van der Waals surface area contributed by atoms with Gasteiger partial charge in [0, 0.05) is 30.9 Å². The number of hydrogen-bond donors (Lipinski definition) is 1. The van der Waals surface area contributed by atoms with Crippen molar-refractivity contribution in [1.29, 1.82) is 0 Å². The van der Waals surface area contributed by atoms with Crippen LogP contribution in [-0.4, -0.2) is 42.0 Å². The topological polar surface area (TPSA) is 65.8 Å². The number of amides is 3. The Bertz CT molecular complexity index is 794. The predicted octanol–water partition coefficient (Wildman–Crippen LogP) is 3.05. The maximum absolute atomic E-state index is 12.8. The lowest BCUT2D eigenvalue weighted by Crippen LogP contribution is -2.51. The summed E-state index contributed by atoms with van der Waals surface area (Å²) in [6, 6.07) is 11.7. The molecule has 26 heavy (non-hydrogen) atoms. The molecule has 3 heterocycles. The van der Waals surface area contributed by atoms with Crippen LogP contribution >= 0.6 is 0 Å². The maximum Gasteiger partial charge on any atom is 0.322 e. The number of para-hydroxylation sites is 1. The first-order valence-corrected chi connectivity index (χ1v) is 9.14. The van der Waals surface area contributed by atoms with Gasteiger partial charge in [0.05, 0.1) is 6.26 Å². The normalized spacial score (nSPS) is 20.1. The number of carbonyl (C=O) groups is 2. The van der Waals surface area contributed by atoms with Crippen LogP contribution in [0.2, 0.25) is 0 Å². The van der Waals surface area contributed by atoms with E-state index in [4.69, 9.17) is 4.42 Å². The zero-order chi connectivity index (χ0) is 18.1. The van der Waals surface area contributed by atoms with Crippen molar-refractivity contribution in [2.75, 3.05) is 18.0 Å². The lowest BCUT2D eigenvalue weighted by atomic mass is 10.0. The third-order valence-electron chi connectivity index (χ3n) is 5.27. The highest BCUT2D eigenvalue weighted by Gasteiger charge is 2.33. The van der Waals surface area contributed by atoms with E-state index in [9.17, 15) is 9.59 Å². The summed E-state index contributed by atoms with van der Waals surface area (Å²) in [5, 5.41) is 3.15. The van der Waals surface area contributed by atoms with Crippen molar-refractivity contribution in [2.24, 2.45) is 0 Å². The van der Waals surface area contributed by atoms with Crippen molar-refractivity contribution in [3.05, 3.63) is 54.0 Å². The first-order valence-electron chi connectivity index (χ1n) is 9.14.